The van der Waals surface area contributed by atoms with Gasteiger partial charge in [-0.2, -0.15) is 0 Å². The van der Waals surface area contributed by atoms with Crippen molar-refractivity contribution in [1.82, 2.24) is 5.32 Å². The van der Waals surface area contributed by atoms with Crippen LogP contribution in [0.1, 0.15) is 52.7 Å². The summed E-state index contributed by atoms with van der Waals surface area (Å²) in [6, 6.07) is 2.01. The molecule has 0 bridgehead atoms. The molecule has 1 aromatic rings. The molecule has 0 aromatic carbocycles. The maximum absolute atomic E-state index is 12.1. The lowest BCUT2D eigenvalue weighted by atomic mass is 9.87. The van der Waals surface area contributed by atoms with Crippen molar-refractivity contribution in [2.24, 2.45) is 5.92 Å². The van der Waals surface area contributed by atoms with E-state index in [1.807, 2.05) is 6.07 Å². The van der Waals surface area contributed by atoms with E-state index in [4.69, 9.17) is 0 Å². The molecule has 0 radical (unpaired) electrons. The fourth-order valence-corrected chi connectivity index (χ4v) is 3.79. The summed E-state index contributed by atoms with van der Waals surface area (Å²) in [5, 5.41) is 12.6. The second-order valence-electron chi connectivity index (χ2n) is 5.44. The monoisotopic (exact) mass is 281 g/mol. The van der Waals surface area contributed by atoms with Gasteiger partial charge in [0.25, 0.3) is 5.91 Å². The maximum atomic E-state index is 12.1. The predicted molar refractivity (Wildman–Crippen MR) is 78.7 cm³/mol. The standard InChI is InChI=1S/C15H23NO2S/c1-3-12-8-14(19-10(12)2)15(18)16-9-11-5-4-6-13(17)7-11/h8,11,13,17H,3-7,9H2,1-2H3,(H,16,18). The van der Waals surface area contributed by atoms with Gasteiger partial charge in [0.1, 0.15) is 0 Å². The van der Waals surface area contributed by atoms with Crippen LogP contribution >= 0.6 is 11.3 Å². The molecule has 0 aliphatic heterocycles. The highest BCUT2D eigenvalue weighted by Gasteiger charge is 2.21. The molecule has 1 heterocycles. The molecule has 1 saturated carbocycles. The molecule has 1 aliphatic rings. The molecule has 4 heteroatoms. The van der Waals surface area contributed by atoms with Crippen molar-refractivity contribution in [2.45, 2.75) is 52.1 Å². The van der Waals surface area contributed by atoms with Crippen molar-refractivity contribution < 1.29 is 9.90 Å². The zero-order valence-corrected chi connectivity index (χ0v) is 12.6. The number of hydrogen-bond acceptors (Lipinski definition) is 3. The molecule has 0 saturated heterocycles. The van der Waals surface area contributed by atoms with E-state index in [0.29, 0.717) is 12.5 Å². The highest BCUT2D eigenvalue weighted by atomic mass is 32.1. The van der Waals surface area contributed by atoms with Crippen LogP contribution in [0.25, 0.3) is 0 Å². The molecule has 106 valence electrons. The van der Waals surface area contributed by atoms with Crippen LogP contribution in [0.3, 0.4) is 0 Å². The van der Waals surface area contributed by atoms with E-state index < -0.39 is 0 Å². The summed E-state index contributed by atoms with van der Waals surface area (Å²) in [5.74, 6) is 0.465. The van der Waals surface area contributed by atoms with E-state index in [1.165, 1.54) is 10.4 Å². The minimum absolute atomic E-state index is 0.0351. The molecule has 2 atom stereocenters. The van der Waals surface area contributed by atoms with Gasteiger partial charge < -0.3 is 10.4 Å². The first-order valence-electron chi connectivity index (χ1n) is 7.15. The first-order valence-corrected chi connectivity index (χ1v) is 7.97. The van der Waals surface area contributed by atoms with Crippen LogP contribution in [0, 0.1) is 12.8 Å². The van der Waals surface area contributed by atoms with Crippen LogP contribution in [0.15, 0.2) is 6.07 Å². The third-order valence-corrected chi connectivity index (χ3v) is 5.02. The van der Waals surface area contributed by atoms with Gasteiger partial charge in [-0.3, -0.25) is 4.79 Å². The van der Waals surface area contributed by atoms with Crippen molar-refractivity contribution >= 4 is 17.2 Å². The summed E-state index contributed by atoms with van der Waals surface area (Å²) >= 11 is 1.57. The molecule has 1 aromatic heterocycles. The number of nitrogens with one attached hydrogen (secondary N) is 1. The predicted octanol–water partition coefficient (Wildman–Crippen LogP) is 2.90. The zero-order chi connectivity index (χ0) is 13.8. The lowest BCUT2D eigenvalue weighted by Crippen LogP contribution is -2.32. The van der Waals surface area contributed by atoms with E-state index >= 15 is 0 Å². The van der Waals surface area contributed by atoms with E-state index in [0.717, 1.165) is 37.0 Å². The van der Waals surface area contributed by atoms with Crippen molar-refractivity contribution in [1.29, 1.82) is 0 Å². The van der Waals surface area contributed by atoms with Gasteiger partial charge in [0, 0.05) is 11.4 Å². The van der Waals surface area contributed by atoms with Crippen molar-refractivity contribution in [3.63, 3.8) is 0 Å². The Hall–Kier alpha value is -0.870. The minimum atomic E-state index is -0.175. The Morgan fingerprint density at radius 2 is 2.32 bits per heavy atom. The van der Waals surface area contributed by atoms with Crippen LogP contribution in [0.4, 0.5) is 0 Å². The summed E-state index contributed by atoms with van der Waals surface area (Å²) in [6.07, 6.45) is 4.72. The van der Waals surface area contributed by atoms with Gasteiger partial charge in [-0.15, -0.1) is 11.3 Å². The number of rotatable bonds is 4. The highest BCUT2D eigenvalue weighted by Crippen LogP contribution is 2.24. The van der Waals surface area contributed by atoms with E-state index in [9.17, 15) is 9.90 Å². The molecular formula is C15H23NO2S. The van der Waals surface area contributed by atoms with Gasteiger partial charge in [0.15, 0.2) is 0 Å². The Balaban J connectivity index is 1.86. The summed E-state index contributed by atoms with van der Waals surface area (Å²) in [6.45, 7) is 4.87. The molecule has 19 heavy (non-hydrogen) atoms. The topological polar surface area (TPSA) is 49.3 Å². The molecule has 1 fully saturated rings. The summed E-state index contributed by atoms with van der Waals surface area (Å²) in [7, 11) is 0. The molecule has 1 aliphatic carbocycles. The van der Waals surface area contributed by atoms with Gasteiger partial charge in [-0.25, -0.2) is 0 Å². The Labute approximate surface area is 119 Å². The van der Waals surface area contributed by atoms with Gasteiger partial charge >= 0.3 is 0 Å². The number of carbonyl (C=O) groups excluding carboxylic acids is 1. The van der Waals surface area contributed by atoms with Gasteiger partial charge in [-0.1, -0.05) is 13.3 Å². The first-order chi connectivity index (χ1) is 9.10. The number of thiophene rings is 1. The normalized spacial score (nSPS) is 23.3. The molecule has 1 amide bonds. The zero-order valence-electron chi connectivity index (χ0n) is 11.7. The van der Waals surface area contributed by atoms with Crippen molar-refractivity contribution in [2.75, 3.05) is 6.54 Å². The van der Waals surface area contributed by atoms with Crippen molar-refractivity contribution in [3.05, 3.63) is 21.4 Å². The van der Waals surface area contributed by atoms with Gasteiger partial charge in [0.2, 0.25) is 0 Å². The Morgan fingerprint density at radius 3 is 2.95 bits per heavy atom. The lowest BCUT2D eigenvalue weighted by Gasteiger charge is -2.25. The Kier molecular flexibility index (Phi) is 4.99. The summed E-state index contributed by atoms with van der Waals surface area (Å²) in [5.41, 5.74) is 1.27. The smallest absolute Gasteiger partial charge is 0.261 e. The summed E-state index contributed by atoms with van der Waals surface area (Å²) in [4.78, 5) is 14.1. The van der Waals surface area contributed by atoms with E-state index in [2.05, 4.69) is 19.2 Å². The van der Waals surface area contributed by atoms with Crippen LogP contribution in [0.2, 0.25) is 0 Å². The third-order valence-electron chi connectivity index (χ3n) is 3.93. The maximum Gasteiger partial charge on any atom is 0.261 e. The number of aliphatic hydroxyl groups excluding tert-OH is 1. The number of carbonyl (C=O) groups is 1. The Bertz CT molecular complexity index is 441. The largest absolute Gasteiger partial charge is 0.393 e. The van der Waals surface area contributed by atoms with Gasteiger partial charge in [-0.05, 0) is 50.2 Å². The molecule has 2 rings (SSSR count). The second kappa shape index (κ2) is 6.53. The second-order valence-corrected chi connectivity index (χ2v) is 6.70. The fraction of sp³-hybridized carbons (Fsp3) is 0.667. The average molecular weight is 281 g/mol. The van der Waals surface area contributed by atoms with E-state index in [1.54, 1.807) is 11.3 Å². The van der Waals surface area contributed by atoms with Crippen molar-refractivity contribution in [3.8, 4) is 0 Å². The lowest BCUT2D eigenvalue weighted by molar-refractivity contribution is 0.0876. The van der Waals surface area contributed by atoms with Crippen LogP contribution in [-0.2, 0) is 6.42 Å². The molecule has 2 N–H and O–H groups in total. The third kappa shape index (κ3) is 3.80. The minimum Gasteiger partial charge on any atom is -0.393 e. The molecular weight excluding hydrogens is 258 g/mol. The molecule has 3 nitrogen and oxygen atoms in total. The first kappa shape index (κ1) is 14.5. The quantitative estimate of drug-likeness (QED) is 0.891. The average Bonchev–Trinajstić information content (AvgIpc) is 2.77. The van der Waals surface area contributed by atoms with Gasteiger partial charge in [0.05, 0.1) is 11.0 Å². The number of aryl methyl sites for hydroxylation is 2. The highest BCUT2D eigenvalue weighted by molar-refractivity contribution is 7.14. The van der Waals surface area contributed by atoms with Crippen LogP contribution in [-0.4, -0.2) is 23.7 Å². The number of aliphatic hydroxyl groups is 1. The summed E-state index contributed by atoms with van der Waals surface area (Å²) < 4.78 is 0. The SMILES string of the molecule is CCc1cc(C(=O)NCC2CCCC(O)C2)sc1C. The van der Waals surface area contributed by atoms with Crippen LogP contribution in [0.5, 0.6) is 0 Å². The Morgan fingerprint density at radius 1 is 1.53 bits per heavy atom. The number of hydrogen-bond donors (Lipinski definition) is 2. The number of amides is 1. The van der Waals surface area contributed by atoms with E-state index in [-0.39, 0.29) is 12.0 Å². The molecule has 2 unspecified atom stereocenters. The van der Waals surface area contributed by atoms with Crippen LogP contribution < -0.4 is 5.32 Å². The fourth-order valence-electron chi connectivity index (χ4n) is 2.75. The molecule has 0 spiro atoms.